The summed E-state index contributed by atoms with van der Waals surface area (Å²) in [7, 11) is 0. The minimum absolute atomic E-state index is 0.00279. The van der Waals surface area contributed by atoms with Gasteiger partial charge in [0.15, 0.2) is 0 Å². The smallest absolute Gasteiger partial charge is 0.223 e. The van der Waals surface area contributed by atoms with E-state index in [2.05, 4.69) is 10.6 Å². The van der Waals surface area contributed by atoms with Crippen molar-refractivity contribution in [3.05, 3.63) is 0 Å². The summed E-state index contributed by atoms with van der Waals surface area (Å²) in [6.07, 6.45) is 5.45. The Balaban J connectivity index is 2.25. The van der Waals surface area contributed by atoms with Gasteiger partial charge < -0.3 is 16.4 Å². The number of hydrogen-bond donors (Lipinski definition) is 3. The SMILES string of the molecule is CCC(C)NC(=O)CCNC(=O)C(C)C1CCCC(N)C1. The monoisotopic (exact) mass is 297 g/mol. The van der Waals surface area contributed by atoms with Crippen LogP contribution in [0.5, 0.6) is 0 Å². The van der Waals surface area contributed by atoms with Gasteiger partial charge >= 0.3 is 0 Å². The second-order valence-electron chi connectivity index (χ2n) is 6.39. The highest BCUT2D eigenvalue weighted by Gasteiger charge is 2.28. The molecule has 0 spiro atoms. The summed E-state index contributed by atoms with van der Waals surface area (Å²) in [5.41, 5.74) is 5.98. The molecule has 0 bridgehead atoms. The minimum atomic E-state index is -0.0195. The van der Waals surface area contributed by atoms with E-state index in [-0.39, 0.29) is 29.8 Å². The number of rotatable bonds is 7. The van der Waals surface area contributed by atoms with Gasteiger partial charge in [0.2, 0.25) is 11.8 Å². The largest absolute Gasteiger partial charge is 0.355 e. The summed E-state index contributed by atoms with van der Waals surface area (Å²) in [6, 6.07) is 0.427. The first-order chi connectivity index (χ1) is 9.93. The molecule has 1 saturated carbocycles. The van der Waals surface area contributed by atoms with Crippen molar-refractivity contribution in [3.8, 4) is 0 Å². The maximum absolute atomic E-state index is 12.1. The first-order valence-corrected chi connectivity index (χ1v) is 8.26. The van der Waals surface area contributed by atoms with Gasteiger partial charge in [-0.05, 0) is 38.5 Å². The van der Waals surface area contributed by atoms with Gasteiger partial charge in [-0.1, -0.05) is 20.3 Å². The molecule has 0 saturated heterocycles. The predicted octanol–water partition coefficient (Wildman–Crippen LogP) is 1.56. The molecule has 5 nitrogen and oxygen atoms in total. The first kappa shape index (κ1) is 18.0. The Morgan fingerprint density at radius 2 is 2.00 bits per heavy atom. The Labute approximate surface area is 128 Å². The molecule has 4 unspecified atom stereocenters. The Kier molecular flexibility index (Phi) is 7.72. The number of amides is 2. The van der Waals surface area contributed by atoms with Crippen molar-refractivity contribution in [3.63, 3.8) is 0 Å². The number of nitrogens with two attached hydrogens (primary N) is 1. The van der Waals surface area contributed by atoms with Crippen LogP contribution in [0.15, 0.2) is 0 Å². The van der Waals surface area contributed by atoms with Gasteiger partial charge in [-0.3, -0.25) is 9.59 Å². The Hall–Kier alpha value is -1.10. The van der Waals surface area contributed by atoms with Gasteiger partial charge in [-0.15, -0.1) is 0 Å². The highest BCUT2D eigenvalue weighted by molar-refractivity contribution is 5.80. The molecule has 122 valence electrons. The Morgan fingerprint density at radius 1 is 1.29 bits per heavy atom. The van der Waals surface area contributed by atoms with E-state index in [4.69, 9.17) is 5.73 Å². The molecule has 4 atom stereocenters. The predicted molar refractivity (Wildman–Crippen MR) is 84.6 cm³/mol. The molecular weight excluding hydrogens is 266 g/mol. The van der Waals surface area contributed by atoms with E-state index in [1.165, 1.54) is 0 Å². The van der Waals surface area contributed by atoms with Gasteiger partial charge in [0.25, 0.3) is 0 Å². The van der Waals surface area contributed by atoms with Crippen molar-refractivity contribution >= 4 is 11.8 Å². The lowest BCUT2D eigenvalue weighted by Gasteiger charge is -2.30. The van der Waals surface area contributed by atoms with Crippen molar-refractivity contribution in [1.82, 2.24) is 10.6 Å². The molecule has 0 aromatic carbocycles. The topological polar surface area (TPSA) is 84.2 Å². The lowest BCUT2D eigenvalue weighted by molar-refractivity contribution is -0.126. The Morgan fingerprint density at radius 3 is 2.62 bits per heavy atom. The third-order valence-electron chi connectivity index (χ3n) is 4.55. The van der Waals surface area contributed by atoms with Crippen LogP contribution in [-0.2, 0) is 9.59 Å². The number of hydrogen-bond acceptors (Lipinski definition) is 3. The van der Waals surface area contributed by atoms with Crippen molar-refractivity contribution in [2.45, 2.75) is 71.4 Å². The average Bonchev–Trinajstić information content (AvgIpc) is 2.46. The number of nitrogens with one attached hydrogen (secondary N) is 2. The van der Waals surface area contributed by atoms with Crippen LogP contribution in [-0.4, -0.2) is 30.4 Å². The van der Waals surface area contributed by atoms with Crippen molar-refractivity contribution < 1.29 is 9.59 Å². The van der Waals surface area contributed by atoms with Crippen LogP contribution in [0.4, 0.5) is 0 Å². The summed E-state index contributed by atoms with van der Waals surface area (Å²) in [6.45, 7) is 6.38. The molecule has 2 amide bonds. The van der Waals surface area contributed by atoms with Crippen molar-refractivity contribution in [2.75, 3.05) is 6.54 Å². The van der Waals surface area contributed by atoms with E-state index in [1.807, 2.05) is 20.8 Å². The van der Waals surface area contributed by atoms with Crippen LogP contribution >= 0.6 is 0 Å². The molecule has 21 heavy (non-hydrogen) atoms. The summed E-state index contributed by atoms with van der Waals surface area (Å²) < 4.78 is 0. The second kappa shape index (κ2) is 9.03. The van der Waals surface area contributed by atoms with E-state index in [0.29, 0.717) is 18.9 Å². The lowest BCUT2D eigenvalue weighted by atomic mass is 9.78. The lowest BCUT2D eigenvalue weighted by Crippen LogP contribution is -2.40. The fraction of sp³-hybridized carbons (Fsp3) is 0.875. The fourth-order valence-electron chi connectivity index (χ4n) is 2.84. The van der Waals surface area contributed by atoms with E-state index < -0.39 is 0 Å². The maximum atomic E-state index is 12.1. The number of carbonyl (C=O) groups is 2. The van der Waals surface area contributed by atoms with Gasteiger partial charge in [-0.25, -0.2) is 0 Å². The minimum Gasteiger partial charge on any atom is -0.355 e. The third kappa shape index (κ3) is 6.46. The zero-order valence-corrected chi connectivity index (χ0v) is 13.7. The van der Waals surface area contributed by atoms with Crippen molar-refractivity contribution in [2.24, 2.45) is 17.6 Å². The molecule has 1 rings (SSSR count). The zero-order chi connectivity index (χ0) is 15.8. The summed E-state index contributed by atoms with van der Waals surface area (Å²) in [5.74, 6) is 0.402. The van der Waals surface area contributed by atoms with E-state index in [0.717, 1.165) is 32.1 Å². The van der Waals surface area contributed by atoms with Gasteiger partial charge in [-0.2, -0.15) is 0 Å². The normalized spacial score (nSPS) is 25.0. The van der Waals surface area contributed by atoms with E-state index in [9.17, 15) is 9.59 Å². The standard InChI is InChI=1S/C16H31N3O2/c1-4-11(2)19-15(20)8-9-18-16(21)12(3)13-6-5-7-14(17)10-13/h11-14H,4-10,17H2,1-3H3,(H,18,21)(H,19,20). The van der Waals surface area contributed by atoms with Crippen LogP contribution in [0.3, 0.4) is 0 Å². The van der Waals surface area contributed by atoms with Crippen LogP contribution in [0.1, 0.15) is 59.3 Å². The summed E-state index contributed by atoms with van der Waals surface area (Å²) in [4.78, 5) is 23.8. The fourth-order valence-corrected chi connectivity index (χ4v) is 2.84. The molecule has 0 aromatic rings. The molecule has 0 heterocycles. The highest BCUT2D eigenvalue weighted by atomic mass is 16.2. The first-order valence-electron chi connectivity index (χ1n) is 8.26. The number of carbonyl (C=O) groups excluding carboxylic acids is 2. The van der Waals surface area contributed by atoms with E-state index >= 15 is 0 Å². The molecule has 1 aliphatic carbocycles. The molecular formula is C16H31N3O2. The van der Waals surface area contributed by atoms with Crippen LogP contribution in [0.2, 0.25) is 0 Å². The summed E-state index contributed by atoms with van der Waals surface area (Å²) in [5, 5.41) is 5.77. The molecule has 4 N–H and O–H groups in total. The Bertz CT molecular complexity index is 346. The van der Waals surface area contributed by atoms with Gasteiger partial charge in [0, 0.05) is 31.0 Å². The quantitative estimate of drug-likeness (QED) is 0.667. The van der Waals surface area contributed by atoms with Gasteiger partial charge in [0.05, 0.1) is 0 Å². The molecule has 1 aliphatic rings. The van der Waals surface area contributed by atoms with Gasteiger partial charge in [0.1, 0.15) is 0 Å². The highest BCUT2D eigenvalue weighted by Crippen LogP contribution is 2.29. The van der Waals surface area contributed by atoms with Crippen LogP contribution in [0.25, 0.3) is 0 Å². The second-order valence-corrected chi connectivity index (χ2v) is 6.39. The molecule has 1 fully saturated rings. The third-order valence-corrected chi connectivity index (χ3v) is 4.55. The van der Waals surface area contributed by atoms with Crippen molar-refractivity contribution in [1.29, 1.82) is 0 Å². The van der Waals surface area contributed by atoms with Crippen LogP contribution in [0, 0.1) is 11.8 Å². The average molecular weight is 297 g/mol. The zero-order valence-electron chi connectivity index (χ0n) is 13.7. The molecule has 0 aromatic heterocycles. The van der Waals surface area contributed by atoms with E-state index in [1.54, 1.807) is 0 Å². The molecule has 0 aliphatic heterocycles. The molecule has 5 heteroatoms. The van der Waals surface area contributed by atoms with Crippen LogP contribution < -0.4 is 16.4 Å². The summed E-state index contributed by atoms with van der Waals surface area (Å²) >= 11 is 0. The molecule has 0 radical (unpaired) electrons. The maximum Gasteiger partial charge on any atom is 0.223 e.